The number of rotatable bonds is 7. The number of benzene rings is 1. The fourth-order valence-electron chi connectivity index (χ4n) is 3.74. The Hall–Kier alpha value is -1.61. The van der Waals surface area contributed by atoms with Crippen LogP contribution in [0.1, 0.15) is 43.9 Å². The van der Waals surface area contributed by atoms with Crippen LogP contribution in [0.25, 0.3) is 0 Å². The number of aryl methyl sites for hydroxylation is 1. The lowest BCUT2D eigenvalue weighted by Gasteiger charge is -2.37. The van der Waals surface area contributed by atoms with E-state index in [2.05, 4.69) is 77.9 Å². The Morgan fingerprint density at radius 2 is 1.97 bits per heavy atom. The van der Waals surface area contributed by atoms with Crippen molar-refractivity contribution >= 4 is 29.9 Å². The molecule has 7 heteroatoms. The van der Waals surface area contributed by atoms with Crippen molar-refractivity contribution in [2.45, 2.75) is 52.2 Å². The second-order valence-electron chi connectivity index (χ2n) is 7.58. The van der Waals surface area contributed by atoms with Crippen LogP contribution >= 0.6 is 24.0 Å². The molecule has 6 nitrogen and oxygen atoms in total. The number of halogens is 1. The third-order valence-electron chi connectivity index (χ3n) is 5.41. The molecule has 2 heterocycles. The fourth-order valence-corrected chi connectivity index (χ4v) is 3.74. The number of likely N-dealkylation sites (tertiary alicyclic amines) is 1. The van der Waals surface area contributed by atoms with Crippen molar-refractivity contribution in [2.75, 3.05) is 26.2 Å². The minimum atomic E-state index is 0. The van der Waals surface area contributed by atoms with Crippen LogP contribution in [0.3, 0.4) is 0 Å². The lowest BCUT2D eigenvalue weighted by molar-refractivity contribution is 0.158. The zero-order valence-electron chi connectivity index (χ0n) is 17.8. The third kappa shape index (κ3) is 7.29. The number of piperidine rings is 1. The van der Waals surface area contributed by atoms with Gasteiger partial charge in [-0.1, -0.05) is 30.3 Å². The van der Waals surface area contributed by atoms with Gasteiger partial charge in [0.05, 0.1) is 19.3 Å². The normalized spacial score (nSPS) is 16.9. The molecular weight excluding hydrogens is 475 g/mol. The summed E-state index contributed by atoms with van der Waals surface area (Å²) in [5.41, 5.74) is 2.59. The molecule has 2 N–H and O–H groups in total. The smallest absolute Gasteiger partial charge is 0.191 e. The first kappa shape index (κ1) is 23.7. The minimum absolute atomic E-state index is 0. The van der Waals surface area contributed by atoms with E-state index >= 15 is 0 Å². The quantitative estimate of drug-likeness (QED) is 0.340. The molecule has 29 heavy (non-hydrogen) atoms. The molecule has 1 aromatic carbocycles. The van der Waals surface area contributed by atoms with Gasteiger partial charge in [0, 0.05) is 37.9 Å². The van der Waals surface area contributed by atoms with Crippen molar-refractivity contribution in [1.29, 1.82) is 0 Å². The van der Waals surface area contributed by atoms with E-state index in [1.54, 1.807) is 0 Å². The Balaban J connectivity index is 0.00000300. The molecule has 0 bridgehead atoms. The maximum atomic E-state index is 4.73. The maximum Gasteiger partial charge on any atom is 0.191 e. The van der Waals surface area contributed by atoms with E-state index in [9.17, 15) is 0 Å². The Morgan fingerprint density at radius 1 is 1.24 bits per heavy atom. The number of guanidine groups is 1. The molecule has 1 aromatic heterocycles. The summed E-state index contributed by atoms with van der Waals surface area (Å²) in [5.74, 6) is 0.918. The van der Waals surface area contributed by atoms with Crippen LogP contribution in [0.2, 0.25) is 0 Å². The van der Waals surface area contributed by atoms with E-state index in [0.717, 1.165) is 51.5 Å². The van der Waals surface area contributed by atoms with Crippen LogP contribution in [0.4, 0.5) is 0 Å². The first-order valence-electron chi connectivity index (χ1n) is 10.5. The van der Waals surface area contributed by atoms with Crippen molar-refractivity contribution < 1.29 is 0 Å². The van der Waals surface area contributed by atoms with Crippen molar-refractivity contribution in [3.63, 3.8) is 0 Å². The van der Waals surface area contributed by atoms with Crippen LogP contribution in [-0.2, 0) is 6.54 Å². The summed E-state index contributed by atoms with van der Waals surface area (Å²) < 4.78 is 1.95. The van der Waals surface area contributed by atoms with Crippen LogP contribution in [0.15, 0.2) is 47.7 Å². The number of hydrogen-bond acceptors (Lipinski definition) is 3. The van der Waals surface area contributed by atoms with Gasteiger partial charge in [-0.25, -0.2) is 0 Å². The van der Waals surface area contributed by atoms with Gasteiger partial charge in [-0.3, -0.25) is 14.6 Å². The summed E-state index contributed by atoms with van der Waals surface area (Å²) in [5, 5.41) is 11.3. The zero-order valence-corrected chi connectivity index (χ0v) is 20.2. The molecule has 1 aliphatic heterocycles. The van der Waals surface area contributed by atoms with E-state index in [-0.39, 0.29) is 24.0 Å². The van der Waals surface area contributed by atoms with Crippen LogP contribution in [-0.4, -0.2) is 52.9 Å². The summed E-state index contributed by atoms with van der Waals surface area (Å²) in [6, 6.07) is 11.7. The van der Waals surface area contributed by atoms with Crippen LogP contribution < -0.4 is 10.6 Å². The van der Waals surface area contributed by atoms with E-state index < -0.39 is 0 Å². The fraction of sp³-hybridized carbons (Fsp3) is 0.545. The molecule has 0 aliphatic carbocycles. The summed E-state index contributed by atoms with van der Waals surface area (Å²) in [6.07, 6.45) is 6.22. The number of nitrogens with one attached hydrogen (secondary N) is 2. The predicted molar refractivity (Wildman–Crippen MR) is 131 cm³/mol. The number of nitrogens with zero attached hydrogens (tertiary/aromatic N) is 4. The molecule has 160 valence electrons. The highest BCUT2D eigenvalue weighted by molar-refractivity contribution is 14.0. The number of aliphatic imine (C=N–C) groups is 1. The average Bonchev–Trinajstić information content (AvgIpc) is 3.14. The highest BCUT2D eigenvalue weighted by atomic mass is 127. The van der Waals surface area contributed by atoms with Gasteiger partial charge in [-0.05, 0) is 44.7 Å². The monoisotopic (exact) mass is 510 g/mol. The molecule has 2 aromatic rings. The molecule has 0 radical (unpaired) electrons. The first-order chi connectivity index (χ1) is 13.7. The highest BCUT2D eigenvalue weighted by Crippen LogP contribution is 2.23. The van der Waals surface area contributed by atoms with Crippen LogP contribution in [0.5, 0.6) is 0 Å². The largest absolute Gasteiger partial charge is 0.357 e. The van der Waals surface area contributed by atoms with Crippen molar-refractivity contribution in [1.82, 2.24) is 25.3 Å². The number of aromatic nitrogens is 2. The Morgan fingerprint density at radius 3 is 2.59 bits per heavy atom. The molecule has 0 spiro atoms. The second kappa shape index (κ2) is 12.2. The molecule has 1 atom stereocenters. The highest BCUT2D eigenvalue weighted by Gasteiger charge is 2.23. The molecule has 1 saturated heterocycles. The molecule has 0 saturated carbocycles. The predicted octanol–water partition coefficient (Wildman–Crippen LogP) is 3.59. The Kier molecular flexibility index (Phi) is 9.93. The van der Waals surface area contributed by atoms with Crippen molar-refractivity contribution in [2.24, 2.45) is 4.99 Å². The summed E-state index contributed by atoms with van der Waals surface area (Å²) >= 11 is 0. The van der Waals surface area contributed by atoms with E-state index in [0.29, 0.717) is 12.1 Å². The summed E-state index contributed by atoms with van der Waals surface area (Å²) in [6.45, 7) is 11.1. The summed E-state index contributed by atoms with van der Waals surface area (Å²) in [4.78, 5) is 7.31. The minimum Gasteiger partial charge on any atom is -0.357 e. The van der Waals surface area contributed by atoms with E-state index in [1.807, 2.05) is 10.9 Å². The Labute approximate surface area is 192 Å². The third-order valence-corrected chi connectivity index (χ3v) is 5.41. The van der Waals surface area contributed by atoms with Gasteiger partial charge in [-0.15, -0.1) is 24.0 Å². The lowest BCUT2D eigenvalue weighted by atomic mass is 10.0. The second-order valence-corrected chi connectivity index (χ2v) is 7.58. The van der Waals surface area contributed by atoms with Gasteiger partial charge in [-0.2, -0.15) is 5.10 Å². The molecule has 3 rings (SSSR count). The van der Waals surface area contributed by atoms with Gasteiger partial charge in [0.25, 0.3) is 0 Å². The van der Waals surface area contributed by atoms with E-state index in [4.69, 9.17) is 4.99 Å². The van der Waals surface area contributed by atoms with Gasteiger partial charge < -0.3 is 10.6 Å². The molecule has 0 amide bonds. The Bertz CT molecular complexity index is 737. The van der Waals surface area contributed by atoms with Gasteiger partial charge in [0.15, 0.2) is 5.96 Å². The molecular formula is C22H35IN6. The van der Waals surface area contributed by atoms with Gasteiger partial charge >= 0.3 is 0 Å². The molecule has 1 unspecified atom stereocenters. The summed E-state index contributed by atoms with van der Waals surface area (Å²) in [7, 11) is 0. The maximum absolute atomic E-state index is 4.73. The van der Waals surface area contributed by atoms with Gasteiger partial charge in [0.1, 0.15) is 0 Å². The average molecular weight is 510 g/mol. The van der Waals surface area contributed by atoms with E-state index in [1.165, 1.54) is 11.1 Å². The van der Waals surface area contributed by atoms with Crippen molar-refractivity contribution in [3.05, 3.63) is 53.9 Å². The molecule has 1 aliphatic rings. The molecule has 1 fully saturated rings. The SMILES string of the molecule is CCNC(=NCCn1cc(C)cn1)NC1CCN(C(C)c2ccccc2)CC1.I. The first-order valence-corrected chi connectivity index (χ1v) is 10.5. The zero-order chi connectivity index (χ0) is 19.8. The van der Waals surface area contributed by atoms with Crippen LogP contribution in [0, 0.1) is 6.92 Å². The topological polar surface area (TPSA) is 57.5 Å². The number of hydrogen-bond donors (Lipinski definition) is 2. The van der Waals surface area contributed by atoms with Crippen molar-refractivity contribution in [3.8, 4) is 0 Å². The standard InChI is InChI=1S/C22H34N6.HI/c1-4-23-22(24-12-15-28-17-18(2)16-25-28)26-21-10-13-27(14-11-21)19(3)20-8-6-5-7-9-20;/h5-9,16-17,19,21H,4,10-15H2,1-3H3,(H2,23,24,26);1H. The lowest BCUT2D eigenvalue weighted by Crippen LogP contribution is -2.49. The van der Waals surface area contributed by atoms with Gasteiger partial charge in [0.2, 0.25) is 0 Å².